The van der Waals surface area contributed by atoms with E-state index in [1.807, 2.05) is 18.2 Å². The van der Waals surface area contributed by atoms with Crippen molar-refractivity contribution in [2.45, 2.75) is 27.7 Å². The lowest BCUT2D eigenvalue weighted by molar-refractivity contribution is -0.119. The Kier molecular flexibility index (Phi) is 7.52. The monoisotopic (exact) mass is 235 g/mol. The third kappa shape index (κ3) is 9.18. The van der Waals surface area contributed by atoms with Gasteiger partial charge in [-0.1, -0.05) is 29.3 Å². The number of nitrogens with two attached hydrogens (primary N) is 1. The number of benzene rings is 1. The molecule has 0 unspecified atom stereocenters. The highest BCUT2D eigenvalue weighted by molar-refractivity contribution is 5.75. The van der Waals surface area contributed by atoms with Crippen LogP contribution in [0.2, 0.25) is 0 Å². The topological polar surface area (TPSA) is 52.3 Å². The van der Waals surface area contributed by atoms with Crippen LogP contribution in [0.4, 0.5) is 0 Å². The Morgan fingerprint density at radius 3 is 1.88 bits per heavy atom. The molecule has 0 aliphatic heterocycles. The fourth-order valence-electron chi connectivity index (χ4n) is 0.671. The molecule has 1 aromatic rings. The molecule has 3 heteroatoms. The summed E-state index contributed by atoms with van der Waals surface area (Å²) in [5, 5.41) is 0. The van der Waals surface area contributed by atoms with E-state index in [9.17, 15) is 4.79 Å². The second-order valence-electron chi connectivity index (χ2n) is 4.07. The Labute approximate surface area is 103 Å². The first-order chi connectivity index (χ1) is 7.93. The lowest BCUT2D eigenvalue weighted by atomic mass is 10.2. The van der Waals surface area contributed by atoms with Gasteiger partial charge in [0.05, 0.1) is 0 Å². The fraction of sp³-hybridized carbons (Fsp3) is 0.357. The molecule has 2 N–H and O–H groups in total. The molecule has 0 heterocycles. The number of carbonyl (C=O) groups is 1. The van der Waals surface area contributed by atoms with E-state index in [2.05, 4.69) is 27.7 Å². The smallest absolute Gasteiger partial charge is 0.255 e. The van der Waals surface area contributed by atoms with Gasteiger partial charge in [-0.25, -0.2) is 0 Å². The van der Waals surface area contributed by atoms with Crippen LogP contribution in [-0.2, 0) is 4.79 Å². The van der Waals surface area contributed by atoms with Crippen LogP contribution in [0.3, 0.4) is 0 Å². The van der Waals surface area contributed by atoms with Gasteiger partial charge in [0.15, 0.2) is 6.61 Å². The van der Waals surface area contributed by atoms with Crippen molar-refractivity contribution < 1.29 is 9.53 Å². The Morgan fingerprint density at radius 1 is 1.06 bits per heavy atom. The summed E-state index contributed by atoms with van der Waals surface area (Å²) in [7, 11) is 0. The van der Waals surface area contributed by atoms with E-state index in [-0.39, 0.29) is 6.61 Å². The van der Waals surface area contributed by atoms with Crippen molar-refractivity contribution >= 4 is 5.91 Å². The standard InChI is InChI=1S/C8H9NO2.C6H12/c9-8(10)6-11-7-4-2-1-3-5-7;1-5(2)6(3)4/h1-5H,6H2,(H2,9,10);1-4H3. The normalized spacial score (nSPS) is 8.71. The molecule has 0 saturated carbocycles. The molecule has 0 aromatic heterocycles. The molecule has 0 atom stereocenters. The van der Waals surface area contributed by atoms with Crippen LogP contribution in [0.15, 0.2) is 41.5 Å². The predicted molar refractivity (Wildman–Crippen MR) is 70.9 cm³/mol. The maximum Gasteiger partial charge on any atom is 0.255 e. The molecule has 17 heavy (non-hydrogen) atoms. The molecule has 94 valence electrons. The van der Waals surface area contributed by atoms with Gasteiger partial charge in [0.25, 0.3) is 5.91 Å². The van der Waals surface area contributed by atoms with Gasteiger partial charge in [-0.3, -0.25) is 4.79 Å². The summed E-state index contributed by atoms with van der Waals surface area (Å²) in [4.78, 5) is 10.3. The van der Waals surface area contributed by atoms with Gasteiger partial charge in [-0.2, -0.15) is 0 Å². The van der Waals surface area contributed by atoms with E-state index >= 15 is 0 Å². The lowest BCUT2D eigenvalue weighted by Crippen LogP contribution is -2.19. The third-order valence-electron chi connectivity index (χ3n) is 2.12. The highest BCUT2D eigenvalue weighted by Gasteiger charge is 1.94. The van der Waals surface area contributed by atoms with Crippen molar-refractivity contribution in [3.05, 3.63) is 41.5 Å². The molecule has 1 amide bonds. The minimum atomic E-state index is -0.464. The number of hydrogen-bond donors (Lipinski definition) is 1. The van der Waals surface area contributed by atoms with Gasteiger partial charge in [0.2, 0.25) is 0 Å². The zero-order valence-electron chi connectivity index (χ0n) is 11.0. The molecular weight excluding hydrogens is 214 g/mol. The van der Waals surface area contributed by atoms with Crippen LogP contribution in [-0.4, -0.2) is 12.5 Å². The maximum absolute atomic E-state index is 10.3. The number of primary amides is 1. The van der Waals surface area contributed by atoms with Gasteiger partial charge >= 0.3 is 0 Å². The first kappa shape index (κ1) is 15.2. The Morgan fingerprint density at radius 2 is 1.53 bits per heavy atom. The van der Waals surface area contributed by atoms with E-state index in [4.69, 9.17) is 10.5 Å². The van der Waals surface area contributed by atoms with Crippen molar-refractivity contribution in [2.75, 3.05) is 6.61 Å². The van der Waals surface area contributed by atoms with Crippen LogP contribution in [0.1, 0.15) is 27.7 Å². The molecule has 0 aliphatic carbocycles. The molecule has 3 nitrogen and oxygen atoms in total. The molecule has 0 bridgehead atoms. The summed E-state index contributed by atoms with van der Waals surface area (Å²) in [5.74, 6) is 0.195. The maximum atomic E-state index is 10.3. The van der Waals surface area contributed by atoms with Crippen molar-refractivity contribution in [1.82, 2.24) is 0 Å². The largest absolute Gasteiger partial charge is 0.484 e. The van der Waals surface area contributed by atoms with E-state index in [0.717, 1.165) is 0 Å². The summed E-state index contributed by atoms with van der Waals surface area (Å²) in [6.07, 6.45) is 0. The Bertz CT molecular complexity index is 351. The zero-order chi connectivity index (χ0) is 13.3. The minimum Gasteiger partial charge on any atom is -0.484 e. The summed E-state index contributed by atoms with van der Waals surface area (Å²) in [6.45, 7) is 8.42. The highest BCUT2D eigenvalue weighted by atomic mass is 16.5. The molecule has 0 spiro atoms. The van der Waals surface area contributed by atoms with E-state index < -0.39 is 5.91 Å². The molecule has 0 aliphatic rings. The van der Waals surface area contributed by atoms with E-state index in [1.54, 1.807) is 12.1 Å². The average molecular weight is 235 g/mol. The second-order valence-corrected chi connectivity index (χ2v) is 4.07. The third-order valence-corrected chi connectivity index (χ3v) is 2.12. The lowest BCUT2D eigenvalue weighted by Gasteiger charge is -2.00. The van der Waals surface area contributed by atoms with Crippen molar-refractivity contribution in [3.63, 3.8) is 0 Å². The van der Waals surface area contributed by atoms with Crippen molar-refractivity contribution in [3.8, 4) is 5.75 Å². The zero-order valence-corrected chi connectivity index (χ0v) is 11.0. The van der Waals surface area contributed by atoms with Crippen molar-refractivity contribution in [2.24, 2.45) is 5.73 Å². The van der Waals surface area contributed by atoms with Gasteiger partial charge in [-0.15, -0.1) is 0 Å². The summed E-state index contributed by atoms with van der Waals surface area (Å²) < 4.78 is 4.99. The number of para-hydroxylation sites is 1. The first-order valence-corrected chi connectivity index (χ1v) is 5.50. The molecule has 1 rings (SSSR count). The van der Waals surface area contributed by atoms with Gasteiger partial charge in [0.1, 0.15) is 5.75 Å². The number of allylic oxidation sites excluding steroid dienone is 2. The van der Waals surface area contributed by atoms with Crippen LogP contribution < -0.4 is 10.5 Å². The SMILES string of the molecule is CC(C)=C(C)C.NC(=O)COc1ccccc1. The number of ether oxygens (including phenoxy) is 1. The number of carbonyl (C=O) groups excluding carboxylic acids is 1. The summed E-state index contributed by atoms with van der Waals surface area (Å²) in [5.41, 5.74) is 7.73. The van der Waals surface area contributed by atoms with E-state index in [1.165, 1.54) is 11.1 Å². The quantitative estimate of drug-likeness (QED) is 0.819. The Balaban J connectivity index is 0.000000366. The highest BCUT2D eigenvalue weighted by Crippen LogP contribution is 2.07. The molecule has 0 fully saturated rings. The summed E-state index contributed by atoms with van der Waals surface area (Å²) >= 11 is 0. The molecular formula is C14H21NO2. The van der Waals surface area contributed by atoms with Crippen LogP contribution in [0.5, 0.6) is 5.75 Å². The number of hydrogen-bond acceptors (Lipinski definition) is 2. The molecule has 1 aromatic carbocycles. The van der Waals surface area contributed by atoms with Gasteiger partial charge in [0, 0.05) is 0 Å². The van der Waals surface area contributed by atoms with Crippen LogP contribution >= 0.6 is 0 Å². The fourth-order valence-corrected chi connectivity index (χ4v) is 0.671. The predicted octanol–water partition coefficient (Wildman–Crippen LogP) is 2.91. The Hall–Kier alpha value is -1.77. The first-order valence-electron chi connectivity index (χ1n) is 5.50. The van der Waals surface area contributed by atoms with Crippen LogP contribution in [0, 0.1) is 0 Å². The molecule has 0 saturated heterocycles. The summed E-state index contributed by atoms with van der Waals surface area (Å²) in [6, 6.07) is 9.07. The van der Waals surface area contributed by atoms with Gasteiger partial charge < -0.3 is 10.5 Å². The number of rotatable bonds is 3. The second kappa shape index (κ2) is 8.39. The number of amides is 1. The minimum absolute atomic E-state index is 0.0655. The van der Waals surface area contributed by atoms with Crippen LogP contribution in [0.25, 0.3) is 0 Å². The van der Waals surface area contributed by atoms with E-state index in [0.29, 0.717) is 5.75 Å². The van der Waals surface area contributed by atoms with Gasteiger partial charge in [-0.05, 0) is 39.8 Å². The van der Waals surface area contributed by atoms with Crippen molar-refractivity contribution in [1.29, 1.82) is 0 Å². The average Bonchev–Trinajstić information content (AvgIpc) is 2.28. The molecule has 0 radical (unpaired) electrons.